The van der Waals surface area contributed by atoms with Crippen molar-refractivity contribution in [2.75, 3.05) is 40.3 Å². The van der Waals surface area contributed by atoms with Crippen molar-refractivity contribution in [1.82, 2.24) is 0 Å². The maximum Gasteiger partial charge on any atom is 0.125 e. The molecule has 3 heteroatoms. The second-order valence-electron chi connectivity index (χ2n) is 2.26. The van der Waals surface area contributed by atoms with Crippen molar-refractivity contribution in [2.24, 2.45) is 0 Å². The third-order valence-electron chi connectivity index (χ3n) is 1.32. The van der Waals surface area contributed by atoms with Gasteiger partial charge >= 0.3 is 0 Å². The van der Waals surface area contributed by atoms with Crippen LogP contribution < -0.4 is 16.0 Å². The second-order valence-corrected chi connectivity index (χ2v) is 2.26. The van der Waals surface area contributed by atoms with E-state index in [1.807, 2.05) is 0 Å². The lowest BCUT2D eigenvalue weighted by molar-refractivity contribution is -0.738. The van der Waals surface area contributed by atoms with E-state index >= 15 is 0 Å². The molecule has 0 aliphatic carbocycles. The minimum atomic E-state index is 1.24. The summed E-state index contributed by atoms with van der Waals surface area (Å²) < 4.78 is 0. The van der Waals surface area contributed by atoms with Crippen LogP contribution in [-0.2, 0) is 0 Å². The van der Waals surface area contributed by atoms with E-state index in [0.29, 0.717) is 0 Å². The van der Waals surface area contributed by atoms with Crippen molar-refractivity contribution in [1.29, 1.82) is 0 Å². The Morgan fingerprint density at radius 1 is 0.778 bits per heavy atom. The molecule has 0 spiro atoms. The van der Waals surface area contributed by atoms with Gasteiger partial charge < -0.3 is 16.0 Å². The smallest absolute Gasteiger partial charge is 0.125 e. The molecular weight excluding hydrogens is 114 g/mol. The molecule has 0 aromatic carbocycles. The summed E-state index contributed by atoms with van der Waals surface area (Å²) in [5.41, 5.74) is 0. The Hall–Kier alpha value is -0.120. The van der Waals surface area contributed by atoms with Crippen molar-refractivity contribution < 1.29 is 16.0 Å². The first kappa shape index (κ1) is 8.88. The van der Waals surface area contributed by atoms with Gasteiger partial charge in [0.25, 0.3) is 0 Å². The molecular formula is C6H20N3+3. The molecule has 3 nitrogen and oxygen atoms in total. The highest BCUT2D eigenvalue weighted by Crippen LogP contribution is 1.31. The zero-order valence-corrected chi connectivity index (χ0v) is 6.56. The van der Waals surface area contributed by atoms with Crippen LogP contribution in [0.25, 0.3) is 0 Å². The van der Waals surface area contributed by atoms with E-state index < -0.39 is 0 Å². The van der Waals surface area contributed by atoms with Gasteiger partial charge in [0.05, 0.1) is 14.1 Å². The van der Waals surface area contributed by atoms with Crippen molar-refractivity contribution in [3.05, 3.63) is 0 Å². The van der Waals surface area contributed by atoms with Crippen molar-refractivity contribution in [2.45, 2.75) is 0 Å². The van der Waals surface area contributed by atoms with Gasteiger partial charge in [0.1, 0.15) is 26.2 Å². The molecule has 0 bridgehead atoms. The average Bonchev–Trinajstić information content (AvgIpc) is 1.89. The van der Waals surface area contributed by atoms with Crippen LogP contribution in [-0.4, -0.2) is 40.3 Å². The van der Waals surface area contributed by atoms with Gasteiger partial charge in [-0.15, -0.1) is 0 Å². The molecule has 9 heavy (non-hydrogen) atoms. The Morgan fingerprint density at radius 3 is 1.56 bits per heavy atom. The predicted molar refractivity (Wildman–Crippen MR) is 37.1 cm³/mol. The average molecular weight is 134 g/mol. The highest BCUT2D eigenvalue weighted by atomic mass is 14.9. The minimum absolute atomic E-state index is 1.24. The number of hydrogen-bond acceptors (Lipinski definition) is 0. The van der Waals surface area contributed by atoms with E-state index in [1.54, 1.807) is 0 Å². The fourth-order valence-corrected chi connectivity index (χ4v) is 0.713. The van der Waals surface area contributed by atoms with Gasteiger partial charge in [0.2, 0.25) is 0 Å². The van der Waals surface area contributed by atoms with Crippen LogP contribution >= 0.6 is 0 Å². The first-order chi connectivity index (χ1) is 4.41. The number of nitrogens with two attached hydrogens (primary N) is 3. The molecule has 0 radical (unpaired) electrons. The molecule has 0 atom stereocenters. The van der Waals surface area contributed by atoms with E-state index in [0.717, 1.165) is 0 Å². The molecule has 0 unspecified atom stereocenters. The Balaban J connectivity index is 2.60. The van der Waals surface area contributed by atoms with E-state index in [1.165, 1.54) is 26.2 Å². The van der Waals surface area contributed by atoms with Crippen molar-refractivity contribution >= 4 is 0 Å². The molecule has 0 fully saturated rings. The standard InChI is InChI=1S/C6H17N3/c1-7-3-5-9-6-4-8-2/h7-9H,3-6H2,1-2H3/p+3. The lowest BCUT2D eigenvalue weighted by Gasteiger charge is -1.95. The maximum atomic E-state index is 2.36. The highest BCUT2D eigenvalue weighted by Gasteiger charge is 1.89. The maximum absolute atomic E-state index is 2.36. The largest absolute Gasteiger partial charge is 0.344 e. The topological polar surface area (TPSA) is 49.8 Å². The summed E-state index contributed by atoms with van der Waals surface area (Å²) in [5.74, 6) is 0. The predicted octanol–water partition coefficient (Wildman–Crippen LogP) is -4.06. The molecule has 0 aliphatic heterocycles. The molecule has 0 aromatic heterocycles. The van der Waals surface area contributed by atoms with Crippen LogP contribution in [0.2, 0.25) is 0 Å². The highest BCUT2D eigenvalue weighted by molar-refractivity contribution is 4.15. The van der Waals surface area contributed by atoms with Crippen LogP contribution in [0, 0.1) is 0 Å². The summed E-state index contributed by atoms with van der Waals surface area (Å²) in [7, 11) is 4.22. The lowest BCUT2D eigenvalue weighted by Crippen LogP contribution is -2.97. The van der Waals surface area contributed by atoms with Crippen molar-refractivity contribution in [3.63, 3.8) is 0 Å². The third-order valence-corrected chi connectivity index (χ3v) is 1.32. The van der Waals surface area contributed by atoms with E-state index in [-0.39, 0.29) is 0 Å². The first-order valence-corrected chi connectivity index (χ1v) is 3.79. The summed E-state index contributed by atoms with van der Waals surface area (Å²) >= 11 is 0. The minimum Gasteiger partial charge on any atom is -0.344 e. The monoisotopic (exact) mass is 134 g/mol. The zero-order valence-electron chi connectivity index (χ0n) is 6.56. The molecule has 0 aromatic rings. The fourth-order valence-electron chi connectivity index (χ4n) is 0.713. The third kappa shape index (κ3) is 7.88. The van der Waals surface area contributed by atoms with Gasteiger partial charge in [0, 0.05) is 0 Å². The number of quaternary nitrogens is 3. The molecule has 6 N–H and O–H groups in total. The van der Waals surface area contributed by atoms with E-state index in [4.69, 9.17) is 0 Å². The van der Waals surface area contributed by atoms with Gasteiger partial charge in [-0.05, 0) is 0 Å². The summed E-state index contributed by atoms with van der Waals surface area (Å²) in [4.78, 5) is 0. The van der Waals surface area contributed by atoms with Crippen LogP contribution in [0.3, 0.4) is 0 Å². The number of hydrogen-bond donors (Lipinski definition) is 3. The Kier molecular flexibility index (Phi) is 7.77. The van der Waals surface area contributed by atoms with Crippen LogP contribution in [0.4, 0.5) is 0 Å². The van der Waals surface area contributed by atoms with Gasteiger partial charge in [0.15, 0.2) is 0 Å². The SMILES string of the molecule is C[NH2+]CC[NH2+]CC[NH2+]C. The molecule has 0 saturated carbocycles. The summed E-state index contributed by atoms with van der Waals surface area (Å²) in [5, 5.41) is 6.79. The van der Waals surface area contributed by atoms with E-state index in [2.05, 4.69) is 30.0 Å². The van der Waals surface area contributed by atoms with Gasteiger partial charge in [-0.2, -0.15) is 0 Å². The Labute approximate surface area is 57.2 Å². The lowest BCUT2D eigenvalue weighted by atomic mass is 10.5. The first-order valence-electron chi connectivity index (χ1n) is 3.79. The number of likely N-dealkylation sites (N-methyl/N-ethyl adjacent to an activating group) is 2. The summed E-state index contributed by atoms with van der Waals surface area (Å²) in [6.45, 7) is 4.99. The van der Waals surface area contributed by atoms with Crippen molar-refractivity contribution in [3.8, 4) is 0 Å². The normalized spacial score (nSPS) is 10.0. The molecule has 0 amide bonds. The molecule has 0 aliphatic rings. The van der Waals surface area contributed by atoms with Crippen LogP contribution in [0.5, 0.6) is 0 Å². The quantitative estimate of drug-likeness (QED) is 0.310. The van der Waals surface area contributed by atoms with Gasteiger partial charge in [-0.3, -0.25) is 0 Å². The molecule has 0 rings (SSSR count). The van der Waals surface area contributed by atoms with Crippen LogP contribution in [0.1, 0.15) is 0 Å². The van der Waals surface area contributed by atoms with Gasteiger partial charge in [-0.1, -0.05) is 0 Å². The Bertz CT molecular complexity index is 41.6. The van der Waals surface area contributed by atoms with Gasteiger partial charge in [-0.25, -0.2) is 0 Å². The van der Waals surface area contributed by atoms with E-state index in [9.17, 15) is 0 Å². The molecule has 56 valence electrons. The zero-order chi connectivity index (χ0) is 6.95. The number of rotatable bonds is 6. The second kappa shape index (κ2) is 7.88. The summed E-state index contributed by atoms with van der Waals surface area (Å²) in [6.07, 6.45) is 0. The molecule has 0 saturated heterocycles. The summed E-state index contributed by atoms with van der Waals surface area (Å²) in [6, 6.07) is 0. The Morgan fingerprint density at radius 2 is 1.22 bits per heavy atom. The molecule has 0 heterocycles. The van der Waals surface area contributed by atoms with Crippen LogP contribution in [0.15, 0.2) is 0 Å². The fraction of sp³-hybridized carbons (Fsp3) is 1.00.